The maximum absolute atomic E-state index is 5.80. The van der Waals surface area contributed by atoms with Crippen LogP contribution in [-0.2, 0) is 5.41 Å². The van der Waals surface area contributed by atoms with Crippen molar-refractivity contribution >= 4 is 0 Å². The molecule has 2 N–H and O–H groups in total. The Morgan fingerprint density at radius 2 is 1.75 bits per heavy atom. The van der Waals surface area contributed by atoms with E-state index in [2.05, 4.69) is 61.9 Å². The van der Waals surface area contributed by atoms with E-state index in [0.29, 0.717) is 12.5 Å². The molecule has 1 aromatic heterocycles. The molecule has 0 fully saturated rings. The summed E-state index contributed by atoms with van der Waals surface area (Å²) in [5.74, 6) is 1.34. The van der Waals surface area contributed by atoms with Gasteiger partial charge in [0.25, 0.3) is 0 Å². The largest absolute Gasteiger partial charge is 0.329 e. The molecule has 0 bridgehead atoms. The van der Waals surface area contributed by atoms with Crippen LogP contribution in [0.4, 0.5) is 0 Å². The molecule has 0 saturated heterocycles. The molecule has 3 nitrogen and oxygen atoms in total. The summed E-state index contributed by atoms with van der Waals surface area (Å²) in [7, 11) is 0. The van der Waals surface area contributed by atoms with Gasteiger partial charge in [-0.3, -0.25) is 0 Å². The standard InChI is InChI=1S/C17H23N3/c1-12(2)13-5-7-14(8-6-13)15-9-10-19-16(20-15)17(3,4)11-18/h5-10,12H,11,18H2,1-4H3. The van der Waals surface area contributed by atoms with Gasteiger partial charge < -0.3 is 5.73 Å². The summed E-state index contributed by atoms with van der Waals surface area (Å²) in [5, 5.41) is 0. The highest BCUT2D eigenvalue weighted by Gasteiger charge is 2.22. The van der Waals surface area contributed by atoms with Crippen LogP contribution in [0.15, 0.2) is 36.5 Å². The Hall–Kier alpha value is -1.74. The molecule has 0 aliphatic rings. The highest BCUT2D eigenvalue weighted by Crippen LogP contribution is 2.23. The van der Waals surface area contributed by atoms with Crippen LogP contribution in [0.5, 0.6) is 0 Å². The van der Waals surface area contributed by atoms with E-state index < -0.39 is 0 Å². The third kappa shape index (κ3) is 3.05. The molecule has 20 heavy (non-hydrogen) atoms. The normalized spacial score (nSPS) is 11.9. The van der Waals surface area contributed by atoms with E-state index in [1.807, 2.05) is 12.3 Å². The zero-order chi connectivity index (χ0) is 14.8. The molecular weight excluding hydrogens is 246 g/mol. The fraction of sp³-hybridized carbons (Fsp3) is 0.412. The van der Waals surface area contributed by atoms with Gasteiger partial charge in [-0.15, -0.1) is 0 Å². The lowest BCUT2D eigenvalue weighted by molar-refractivity contribution is 0.503. The van der Waals surface area contributed by atoms with Crippen LogP contribution in [0.2, 0.25) is 0 Å². The van der Waals surface area contributed by atoms with Crippen molar-refractivity contribution in [1.29, 1.82) is 0 Å². The lowest BCUT2D eigenvalue weighted by Crippen LogP contribution is -2.30. The van der Waals surface area contributed by atoms with E-state index in [4.69, 9.17) is 5.73 Å². The fourth-order valence-corrected chi connectivity index (χ4v) is 1.98. The monoisotopic (exact) mass is 269 g/mol. The smallest absolute Gasteiger partial charge is 0.135 e. The predicted octanol–water partition coefficient (Wildman–Crippen LogP) is 3.50. The van der Waals surface area contributed by atoms with Crippen LogP contribution in [0.25, 0.3) is 11.3 Å². The SMILES string of the molecule is CC(C)c1ccc(-c2ccnc(C(C)(C)CN)n2)cc1. The van der Waals surface area contributed by atoms with Crippen LogP contribution in [0.1, 0.15) is 45.0 Å². The first kappa shape index (κ1) is 14.7. The average molecular weight is 269 g/mol. The highest BCUT2D eigenvalue weighted by atomic mass is 14.9. The molecule has 1 aromatic carbocycles. The maximum atomic E-state index is 5.80. The minimum Gasteiger partial charge on any atom is -0.329 e. The van der Waals surface area contributed by atoms with Gasteiger partial charge in [-0.25, -0.2) is 9.97 Å². The summed E-state index contributed by atoms with van der Waals surface area (Å²) in [6.07, 6.45) is 1.81. The number of nitrogens with zero attached hydrogens (tertiary/aromatic N) is 2. The summed E-state index contributed by atoms with van der Waals surface area (Å²) >= 11 is 0. The Labute approximate surface area is 121 Å². The van der Waals surface area contributed by atoms with Crippen LogP contribution < -0.4 is 5.73 Å². The Bertz CT molecular complexity index is 571. The zero-order valence-electron chi connectivity index (χ0n) is 12.7. The van der Waals surface area contributed by atoms with Crippen molar-refractivity contribution in [3.63, 3.8) is 0 Å². The molecule has 0 saturated carbocycles. The molecule has 3 heteroatoms. The number of aromatic nitrogens is 2. The van der Waals surface area contributed by atoms with E-state index in [0.717, 1.165) is 17.1 Å². The fourth-order valence-electron chi connectivity index (χ4n) is 1.98. The number of hydrogen-bond acceptors (Lipinski definition) is 3. The van der Waals surface area contributed by atoms with E-state index in [9.17, 15) is 0 Å². The third-order valence-electron chi connectivity index (χ3n) is 3.64. The Morgan fingerprint density at radius 1 is 1.10 bits per heavy atom. The van der Waals surface area contributed by atoms with Crippen molar-refractivity contribution in [3.8, 4) is 11.3 Å². The van der Waals surface area contributed by atoms with Crippen molar-refractivity contribution in [1.82, 2.24) is 9.97 Å². The second-order valence-electron chi connectivity index (χ2n) is 6.13. The van der Waals surface area contributed by atoms with Crippen molar-refractivity contribution in [2.75, 3.05) is 6.54 Å². The summed E-state index contributed by atoms with van der Waals surface area (Å²) in [4.78, 5) is 9.03. The summed E-state index contributed by atoms with van der Waals surface area (Å²) < 4.78 is 0. The Kier molecular flexibility index (Phi) is 4.19. The first-order valence-corrected chi connectivity index (χ1v) is 7.08. The Morgan fingerprint density at radius 3 is 2.30 bits per heavy atom. The first-order valence-electron chi connectivity index (χ1n) is 7.08. The molecule has 0 radical (unpaired) electrons. The average Bonchev–Trinajstić information content (AvgIpc) is 2.47. The van der Waals surface area contributed by atoms with Crippen molar-refractivity contribution in [2.24, 2.45) is 5.73 Å². The first-order chi connectivity index (χ1) is 9.44. The molecule has 2 aromatic rings. The molecule has 0 spiro atoms. The van der Waals surface area contributed by atoms with Gasteiger partial charge in [0.2, 0.25) is 0 Å². The molecule has 106 valence electrons. The van der Waals surface area contributed by atoms with E-state index >= 15 is 0 Å². The van der Waals surface area contributed by atoms with E-state index in [1.165, 1.54) is 5.56 Å². The number of nitrogens with two attached hydrogens (primary N) is 1. The number of benzene rings is 1. The van der Waals surface area contributed by atoms with Gasteiger partial charge in [0.05, 0.1) is 5.69 Å². The molecule has 0 amide bonds. The van der Waals surface area contributed by atoms with Crippen LogP contribution in [0.3, 0.4) is 0 Å². The molecular formula is C17H23N3. The molecule has 0 atom stereocenters. The zero-order valence-corrected chi connectivity index (χ0v) is 12.7. The lowest BCUT2D eigenvalue weighted by atomic mass is 9.92. The number of rotatable bonds is 4. The lowest BCUT2D eigenvalue weighted by Gasteiger charge is -2.20. The molecule has 0 aliphatic heterocycles. The second kappa shape index (κ2) is 5.71. The number of hydrogen-bond donors (Lipinski definition) is 1. The van der Waals surface area contributed by atoms with Gasteiger partial charge in [0.15, 0.2) is 0 Å². The van der Waals surface area contributed by atoms with Crippen molar-refractivity contribution in [3.05, 3.63) is 47.9 Å². The van der Waals surface area contributed by atoms with Crippen molar-refractivity contribution in [2.45, 2.75) is 39.0 Å². The van der Waals surface area contributed by atoms with Gasteiger partial charge in [-0.2, -0.15) is 0 Å². The molecule has 0 unspecified atom stereocenters. The summed E-state index contributed by atoms with van der Waals surface area (Å²) in [5.41, 5.74) is 9.01. The third-order valence-corrected chi connectivity index (χ3v) is 3.64. The van der Waals surface area contributed by atoms with Gasteiger partial charge in [-0.05, 0) is 17.5 Å². The van der Waals surface area contributed by atoms with Crippen molar-refractivity contribution < 1.29 is 0 Å². The second-order valence-corrected chi connectivity index (χ2v) is 6.13. The predicted molar refractivity (Wildman–Crippen MR) is 83.6 cm³/mol. The molecule has 0 aliphatic carbocycles. The molecule has 1 heterocycles. The molecule has 2 rings (SSSR count). The van der Waals surface area contributed by atoms with Crippen LogP contribution >= 0.6 is 0 Å². The van der Waals surface area contributed by atoms with Gasteiger partial charge in [0.1, 0.15) is 5.82 Å². The van der Waals surface area contributed by atoms with Gasteiger partial charge in [-0.1, -0.05) is 52.0 Å². The van der Waals surface area contributed by atoms with Crippen LogP contribution in [0, 0.1) is 0 Å². The summed E-state index contributed by atoms with van der Waals surface area (Å²) in [6.45, 7) is 9.05. The Balaban J connectivity index is 2.36. The van der Waals surface area contributed by atoms with Crippen LogP contribution in [-0.4, -0.2) is 16.5 Å². The maximum Gasteiger partial charge on any atom is 0.135 e. The quantitative estimate of drug-likeness (QED) is 0.924. The van der Waals surface area contributed by atoms with Gasteiger partial charge >= 0.3 is 0 Å². The highest BCUT2D eigenvalue weighted by molar-refractivity contribution is 5.59. The summed E-state index contributed by atoms with van der Waals surface area (Å²) in [6, 6.07) is 10.5. The minimum absolute atomic E-state index is 0.201. The van der Waals surface area contributed by atoms with E-state index in [-0.39, 0.29) is 5.41 Å². The van der Waals surface area contributed by atoms with E-state index in [1.54, 1.807) is 0 Å². The minimum atomic E-state index is -0.201. The van der Waals surface area contributed by atoms with Gasteiger partial charge in [0, 0.05) is 23.7 Å². The topological polar surface area (TPSA) is 51.8 Å².